The lowest BCUT2D eigenvalue weighted by Crippen LogP contribution is -2.33. The molecular formula is C16H20N2O4S. The van der Waals surface area contributed by atoms with E-state index in [1.165, 1.54) is 12.1 Å². The summed E-state index contributed by atoms with van der Waals surface area (Å²) in [6, 6.07) is 8.14. The molecule has 0 amide bonds. The van der Waals surface area contributed by atoms with Gasteiger partial charge in [-0.25, -0.2) is 13.1 Å². The van der Waals surface area contributed by atoms with Crippen molar-refractivity contribution in [2.24, 2.45) is 11.8 Å². The van der Waals surface area contributed by atoms with Crippen molar-refractivity contribution in [2.45, 2.75) is 25.2 Å². The van der Waals surface area contributed by atoms with E-state index in [1.54, 1.807) is 24.4 Å². The zero-order valence-corrected chi connectivity index (χ0v) is 13.9. The predicted octanol–water partition coefficient (Wildman–Crippen LogP) is 2.26. The van der Waals surface area contributed by atoms with Crippen LogP contribution in [0.15, 0.2) is 41.4 Å². The van der Waals surface area contributed by atoms with Gasteiger partial charge in [-0.2, -0.15) is 0 Å². The monoisotopic (exact) mass is 336 g/mol. The van der Waals surface area contributed by atoms with Crippen molar-refractivity contribution in [3.05, 3.63) is 36.5 Å². The highest BCUT2D eigenvalue weighted by molar-refractivity contribution is 7.89. The summed E-state index contributed by atoms with van der Waals surface area (Å²) in [7, 11) is -3.76. The Hall–Kier alpha value is -1.99. The number of carboxylic acid groups (broad SMARTS) is 1. The smallest absolute Gasteiger partial charge is 0.307 e. The lowest BCUT2D eigenvalue weighted by molar-refractivity contribution is -0.142. The van der Waals surface area contributed by atoms with Gasteiger partial charge in [0, 0.05) is 18.1 Å². The molecule has 7 heteroatoms. The fraction of sp³-hybridized carbons (Fsp3) is 0.375. The van der Waals surface area contributed by atoms with Crippen LogP contribution in [-0.2, 0) is 14.8 Å². The van der Waals surface area contributed by atoms with Gasteiger partial charge in [0.05, 0.1) is 16.3 Å². The molecule has 0 aliphatic carbocycles. The molecule has 0 saturated carbocycles. The summed E-state index contributed by atoms with van der Waals surface area (Å²) in [5, 5.41) is 9.90. The molecule has 0 saturated heterocycles. The highest BCUT2D eigenvalue weighted by Crippen LogP contribution is 2.18. The second-order valence-electron chi connectivity index (χ2n) is 5.87. The Morgan fingerprint density at radius 3 is 2.70 bits per heavy atom. The SMILES string of the molecule is CC(C)CC(CNS(=O)(=O)c1ccc2ncccc2c1)C(=O)O. The van der Waals surface area contributed by atoms with Gasteiger partial charge in [0.25, 0.3) is 0 Å². The number of nitrogens with zero attached hydrogens (tertiary/aromatic N) is 1. The van der Waals surface area contributed by atoms with E-state index in [1.807, 2.05) is 13.8 Å². The first-order chi connectivity index (χ1) is 10.8. The lowest BCUT2D eigenvalue weighted by Gasteiger charge is -2.15. The second-order valence-corrected chi connectivity index (χ2v) is 7.64. The van der Waals surface area contributed by atoms with Gasteiger partial charge in [-0.05, 0) is 36.6 Å². The molecule has 0 radical (unpaired) electrons. The van der Waals surface area contributed by atoms with Crippen molar-refractivity contribution in [1.82, 2.24) is 9.71 Å². The molecule has 2 aromatic rings. The second kappa shape index (κ2) is 7.06. The van der Waals surface area contributed by atoms with Crippen LogP contribution in [0, 0.1) is 11.8 Å². The van der Waals surface area contributed by atoms with E-state index in [-0.39, 0.29) is 17.4 Å². The number of carboxylic acids is 1. The summed E-state index contributed by atoms with van der Waals surface area (Å²) in [6.07, 6.45) is 2.05. The van der Waals surface area contributed by atoms with Crippen LogP contribution in [0.3, 0.4) is 0 Å². The quantitative estimate of drug-likeness (QED) is 0.808. The highest BCUT2D eigenvalue weighted by atomic mass is 32.2. The van der Waals surface area contributed by atoms with E-state index in [0.29, 0.717) is 17.3 Å². The van der Waals surface area contributed by atoms with Crippen molar-refractivity contribution < 1.29 is 18.3 Å². The van der Waals surface area contributed by atoms with Gasteiger partial charge in [-0.1, -0.05) is 19.9 Å². The number of hydrogen-bond acceptors (Lipinski definition) is 4. The molecule has 0 bridgehead atoms. The van der Waals surface area contributed by atoms with Crippen LogP contribution < -0.4 is 4.72 Å². The van der Waals surface area contributed by atoms with Crippen molar-refractivity contribution in [2.75, 3.05) is 6.54 Å². The number of sulfonamides is 1. The molecule has 0 aliphatic rings. The van der Waals surface area contributed by atoms with Crippen molar-refractivity contribution >= 4 is 26.9 Å². The normalized spacial score (nSPS) is 13.3. The van der Waals surface area contributed by atoms with Gasteiger partial charge in [0.15, 0.2) is 0 Å². The molecule has 0 spiro atoms. The van der Waals surface area contributed by atoms with E-state index < -0.39 is 21.9 Å². The third-order valence-corrected chi connectivity index (χ3v) is 4.93. The highest BCUT2D eigenvalue weighted by Gasteiger charge is 2.22. The van der Waals surface area contributed by atoms with E-state index in [9.17, 15) is 18.3 Å². The third kappa shape index (κ3) is 4.49. The number of aromatic nitrogens is 1. The number of aliphatic carboxylic acids is 1. The number of pyridine rings is 1. The maximum Gasteiger partial charge on any atom is 0.307 e. The standard InChI is InChI=1S/C16H20N2O4S/c1-11(2)8-13(16(19)20)10-18-23(21,22)14-5-6-15-12(9-14)4-3-7-17-15/h3-7,9,11,13,18H,8,10H2,1-2H3,(H,19,20). The van der Waals surface area contributed by atoms with Gasteiger partial charge < -0.3 is 5.11 Å². The van der Waals surface area contributed by atoms with Gasteiger partial charge >= 0.3 is 5.97 Å². The Morgan fingerprint density at radius 2 is 2.04 bits per heavy atom. The molecule has 2 rings (SSSR count). The molecule has 23 heavy (non-hydrogen) atoms. The number of benzene rings is 1. The first-order valence-electron chi connectivity index (χ1n) is 7.37. The van der Waals surface area contributed by atoms with Crippen molar-refractivity contribution in [3.63, 3.8) is 0 Å². The molecule has 124 valence electrons. The molecule has 2 N–H and O–H groups in total. The van der Waals surface area contributed by atoms with Gasteiger partial charge in [0.2, 0.25) is 10.0 Å². The van der Waals surface area contributed by atoms with E-state index in [0.717, 1.165) is 0 Å². The van der Waals surface area contributed by atoms with E-state index in [2.05, 4.69) is 9.71 Å². The Kier molecular flexibility index (Phi) is 5.33. The van der Waals surface area contributed by atoms with Gasteiger partial charge in [0.1, 0.15) is 0 Å². The van der Waals surface area contributed by atoms with Crippen LogP contribution in [0.4, 0.5) is 0 Å². The zero-order chi connectivity index (χ0) is 17.0. The summed E-state index contributed by atoms with van der Waals surface area (Å²) in [4.78, 5) is 15.5. The van der Waals surface area contributed by atoms with E-state index >= 15 is 0 Å². The average Bonchev–Trinajstić information content (AvgIpc) is 2.50. The minimum absolute atomic E-state index is 0.103. The molecule has 0 aliphatic heterocycles. The molecule has 0 fully saturated rings. The Balaban J connectivity index is 2.18. The lowest BCUT2D eigenvalue weighted by atomic mass is 9.98. The first kappa shape index (κ1) is 17.4. The number of rotatable bonds is 7. The van der Waals surface area contributed by atoms with Crippen LogP contribution in [0.1, 0.15) is 20.3 Å². The molecular weight excluding hydrogens is 316 g/mol. The third-order valence-electron chi connectivity index (χ3n) is 3.51. The fourth-order valence-electron chi connectivity index (χ4n) is 2.35. The number of carbonyl (C=O) groups is 1. The minimum Gasteiger partial charge on any atom is -0.481 e. The maximum atomic E-state index is 12.4. The summed E-state index contributed by atoms with van der Waals surface area (Å²) in [5.74, 6) is -1.57. The Morgan fingerprint density at radius 1 is 1.30 bits per heavy atom. The van der Waals surface area contributed by atoms with Crippen LogP contribution in [-0.4, -0.2) is 31.0 Å². The fourth-order valence-corrected chi connectivity index (χ4v) is 3.47. The number of fused-ring (bicyclic) bond motifs is 1. The van der Waals surface area contributed by atoms with Crippen molar-refractivity contribution in [1.29, 1.82) is 0 Å². The predicted molar refractivity (Wildman–Crippen MR) is 87.5 cm³/mol. The molecule has 1 atom stereocenters. The molecule has 1 aromatic carbocycles. The Bertz CT molecular complexity index is 803. The first-order valence-corrected chi connectivity index (χ1v) is 8.85. The molecule has 6 nitrogen and oxygen atoms in total. The van der Waals surface area contributed by atoms with Crippen molar-refractivity contribution in [3.8, 4) is 0 Å². The van der Waals surface area contributed by atoms with Crippen LogP contribution in [0.5, 0.6) is 0 Å². The van der Waals surface area contributed by atoms with Gasteiger partial charge in [-0.15, -0.1) is 0 Å². The largest absolute Gasteiger partial charge is 0.481 e. The molecule has 1 heterocycles. The molecule has 1 unspecified atom stereocenters. The maximum absolute atomic E-state index is 12.4. The van der Waals surface area contributed by atoms with Crippen LogP contribution >= 0.6 is 0 Å². The number of hydrogen-bond donors (Lipinski definition) is 2. The minimum atomic E-state index is -3.76. The van der Waals surface area contributed by atoms with Crippen LogP contribution in [0.2, 0.25) is 0 Å². The Labute approximate surface area is 135 Å². The summed E-state index contributed by atoms with van der Waals surface area (Å²) in [5.41, 5.74) is 0.703. The number of nitrogens with one attached hydrogen (secondary N) is 1. The summed E-state index contributed by atoms with van der Waals surface area (Å²) in [6.45, 7) is 3.68. The summed E-state index contributed by atoms with van der Waals surface area (Å²) >= 11 is 0. The summed E-state index contributed by atoms with van der Waals surface area (Å²) < 4.78 is 27.1. The zero-order valence-electron chi connectivity index (χ0n) is 13.1. The van der Waals surface area contributed by atoms with Gasteiger partial charge in [-0.3, -0.25) is 9.78 Å². The topological polar surface area (TPSA) is 96.4 Å². The van der Waals surface area contributed by atoms with E-state index in [4.69, 9.17) is 0 Å². The average molecular weight is 336 g/mol. The van der Waals surface area contributed by atoms with Crippen LogP contribution in [0.25, 0.3) is 10.9 Å². The molecule has 1 aromatic heterocycles.